The van der Waals surface area contributed by atoms with Gasteiger partial charge in [0, 0.05) is 11.7 Å². The van der Waals surface area contributed by atoms with Crippen LogP contribution in [0.5, 0.6) is 5.75 Å². The molecule has 4 N–H and O–H groups in total. The molecule has 21 heavy (non-hydrogen) atoms. The Kier molecular flexibility index (Phi) is 4.06. The van der Waals surface area contributed by atoms with Gasteiger partial charge in [0.05, 0.1) is 0 Å². The number of carboxylic acid groups (broad SMARTS) is 1. The number of amides is 2. The summed E-state index contributed by atoms with van der Waals surface area (Å²) in [4.78, 5) is 22.9. The largest absolute Gasteiger partial charge is 0.507 e. The van der Waals surface area contributed by atoms with Crippen LogP contribution in [0.2, 0.25) is 0 Å². The highest BCUT2D eigenvalue weighted by atomic mass is 16.4. The molecule has 1 aromatic carbocycles. The smallest absolute Gasteiger partial charge is 0.339 e. The van der Waals surface area contributed by atoms with Gasteiger partial charge in [-0.1, -0.05) is 20.3 Å². The normalized spacial score (nSPS) is 20.0. The molecule has 1 atom stereocenters. The Labute approximate surface area is 123 Å². The zero-order chi connectivity index (χ0) is 15.6. The maximum absolute atomic E-state index is 12.0. The fourth-order valence-electron chi connectivity index (χ4n) is 2.70. The Balaban J connectivity index is 2.03. The molecular weight excluding hydrogens is 272 g/mol. The first-order chi connectivity index (χ1) is 9.79. The van der Waals surface area contributed by atoms with Gasteiger partial charge < -0.3 is 20.8 Å². The number of carbonyl (C=O) groups excluding carboxylic acids is 1. The lowest BCUT2D eigenvalue weighted by Gasteiger charge is -2.27. The quantitative estimate of drug-likeness (QED) is 0.644. The summed E-state index contributed by atoms with van der Waals surface area (Å²) in [6, 6.07) is 3.68. The van der Waals surface area contributed by atoms with E-state index >= 15 is 0 Å². The van der Waals surface area contributed by atoms with E-state index in [1.54, 1.807) is 0 Å². The third-order valence-corrected chi connectivity index (χ3v) is 4.05. The first-order valence-corrected chi connectivity index (χ1v) is 6.93. The first-order valence-electron chi connectivity index (χ1n) is 6.93. The number of aromatic hydroxyl groups is 1. The van der Waals surface area contributed by atoms with Gasteiger partial charge in [0.1, 0.15) is 11.3 Å². The van der Waals surface area contributed by atoms with Crippen LogP contribution in [-0.4, -0.2) is 28.3 Å². The lowest BCUT2D eigenvalue weighted by molar-refractivity contribution is 0.0693. The predicted octanol–water partition coefficient (Wildman–Crippen LogP) is 2.79. The minimum atomic E-state index is -1.24. The number of nitrogens with one attached hydrogen (secondary N) is 2. The number of benzene rings is 1. The summed E-state index contributed by atoms with van der Waals surface area (Å²) in [5, 5.41) is 23.9. The van der Waals surface area contributed by atoms with Crippen molar-refractivity contribution in [3.63, 3.8) is 0 Å². The summed E-state index contributed by atoms with van der Waals surface area (Å²) in [5.41, 5.74) is 0.158. The van der Waals surface area contributed by atoms with E-state index in [9.17, 15) is 14.7 Å². The fourth-order valence-corrected chi connectivity index (χ4v) is 2.70. The van der Waals surface area contributed by atoms with Gasteiger partial charge in [0.2, 0.25) is 0 Å². The van der Waals surface area contributed by atoms with Crippen molar-refractivity contribution in [2.24, 2.45) is 5.41 Å². The van der Waals surface area contributed by atoms with Crippen LogP contribution in [0.3, 0.4) is 0 Å². The van der Waals surface area contributed by atoms with E-state index in [2.05, 4.69) is 24.5 Å². The lowest BCUT2D eigenvalue weighted by atomic mass is 9.87. The number of hydrogen-bond donors (Lipinski definition) is 4. The van der Waals surface area contributed by atoms with Crippen LogP contribution in [0, 0.1) is 5.41 Å². The van der Waals surface area contributed by atoms with Crippen molar-refractivity contribution >= 4 is 17.7 Å². The maximum Gasteiger partial charge on any atom is 0.339 e. The first kappa shape index (κ1) is 15.2. The van der Waals surface area contributed by atoms with Gasteiger partial charge >= 0.3 is 12.0 Å². The van der Waals surface area contributed by atoms with Crippen LogP contribution in [0.25, 0.3) is 0 Å². The number of hydrogen-bond acceptors (Lipinski definition) is 3. The molecule has 6 nitrogen and oxygen atoms in total. The Hall–Kier alpha value is -2.24. The van der Waals surface area contributed by atoms with Gasteiger partial charge in [0.25, 0.3) is 0 Å². The molecule has 1 aromatic rings. The number of rotatable bonds is 3. The number of anilines is 1. The van der Waals surface area contributed by atoms with E-state index in [-0.39, 0.29) is 28.8 Å². The highest BCUT2D eigenvalue weighted by Crippen LogP contribution is 2.37. The number of phenols is 1. The summed E-state index contributed by atoms with van der Waals surface area (Å²) in [6.07, 6.45) is 3.09. The molecule has 1 fully saturated rings. The zero-order valence-electron chi connectivity index (χ0n) is 12.1. The van der Waals surface area contributed by atoms with Crippen molar-refractivity contribution < 1.29 is 19.8 Å². The molecule has 2 rings (SSSR count). The monoisotopic (exact) mass is 292 g/mol. The average Bonchev–Trinajstić information content (AvgIpc) is 2.71. The molecule has 0 saturated heterocycles. The molecule has 0 spiro atoms. The van der Waals surface area contributed by atoms with Crippen LogP contribution < -0.4 is 10.6 Å². The minimum Gasteiger partial charge on any atom is -0.507 e. The van der Waals surface area contributed by atoms with Gasteiger partial charge in [-0.3, -0.25) is 0 Å². The summed E-state index contributed by atoms with van der Waals surface area (Å²) in [7, 11) is 0. The molecule has 0 radical (unpaired) electrons. The van der Waals surface area contributed by atoms with Crippen molar-refractivity contribution in [3.8, 4) is 5.75 Å². The van der Waals surface area contributed by atoms with E-state index in [4.69, 9.17) is 5.11 Å². The highest BCUT2D eigenvalue weighted by molar-refractivity contribution is 5.95. The second kappa shape index (κ2) is 5.63. The van der Waals surface area contributed by atoms with E-state index in [0.29, 0.717) is 5.69 Å². The molecule has 0 heterocycles. The van der Waals surface area contributed by atoms with Gasteiger partial charge in [-0.25, -0.2) is 9.59 Å². The van der Waals surface area contributed by atoms with Crippen LogP contribution in [-0.2, 0) is 0 Å². The Bertz CT molecular complexity index is 569. The van der Waals surface area contributed by atoms with Crippen LogP contribution >= 0.6 is 0 Å². The van der Waals surface area contributed by atoms with Crippen molar-refractivity contribution in [2.45, 2.75) is 39.2 Å². The Morgan fingerprint density at radius 2 is 2.05 bits per heavy atom. The van der Waals surface area contributed by atoms with Crippen LogP contribution in [0.15, 0.2) is 18.2 Å². The van der Waals surface area contributed by atoms with Gasteiger partial charge in [-0.2, -0.15) is 0 Å². The lowest BCUT2D eigenvalue weighted by Crippen LogP contribution is -2.43. The average molecular weight is 292 g/mol. The van der Waals surface area contributed by atoms with E-state index in [0.717, 1.165) is 19.3 Å². The van der Waals surface area contributed by atoms with Gasteiger partial charge in [-0.15, -0.1) is 0 Å². The molecule has 1 saturated carbocycles. The predicted molar refractivity (Wildman–Crippen MR) is 78.6 cm³/mol. The van der Waals surface area contributed by atoms with Gasteiger partial charge in [0.15, 0.2) is 0 Å². The van der Waals surface area contributed by atoms with E-state index < -0.39 is 5.97 Å². The summed E-state index contributed by atoms with van der Waals surface area (Å²) < 4.78 is 0. The summed E-state index contributed by atoms with van der Waals surface area (Å²) in [6.45, 7) is 4.24. The Morgan fingerprint density at radius 1 is 1.33 bits per heavy atom. The highest BCUT2D eigenvalue weighted by Gasteiger charge is 2.35. The minimum absolute atomic E-state index is 0.0680. The van der Waals surface area contributed by atoms with Crippen LogP contribution in [0.4, 0.5) is 10.5 Å². The third kappa shape index (κ3) is 3.45. The zero-order valence-corrected chi connectivity index (χ0v) is 12.1. The molecule has 1 aliphatic rings. The molecule has 1 aliphatic carbocycles. The number of carboxylic acids is 1. The van der Waals surface area contributed by atoms with E-state index in [1.807, 2.05) is 0 Å². The second-order valence-corrected chi connectivity index (χ2v) is 6.07. The number of aromatic carboxylic acids is 1. The summed E-state index contributed by atoms with van der Waals surface area (Å²) >= 11 is 0. The van der Waals surface area contributed by atoms with Crippen LogP contribution in [0.1, 0.15) is 43.5 Å². The fraction of sp³-hybridized carbons (Fsp3) is 0.467. The Morgan fingerprint density at radius 3 is 2.62 bits per heavy atom. The topological polar surface area (TPSA) is 98.7 Å². The molecule has 6 heteroatoms. The van der Waals surface area contributed by atoms with Gasteiger partial charge in [-0.05, 0) is 36.5 Å². The molecule has 1 unspecified atom stereocenters. The molecule has 0 aliphatic heterocycles. The maximum atomic E-state index is 12.0. The van der Waals surface area contributed by atoms with E-state index in [1.165, 1.54) is 18.2 Å². The molecule has 0 bridgehead atoms. The molecule has 2 amide bonds. The van der Waals surface area contributed by atoms with Crippen molar-refractivity contribution in [2.75, 3.05) is 5.32 Å². The van der Waals surface area contributed by atoms with Crippen molar-refractivity contribution in [1.29, 1.82) is 0 Å². The summed E-state index contributed by atoms with van der Waals surface area (Å²) in [5.74, 6) is -1.57. The molecular formula is C15H20N2O4. The molecule has 0 aromatic heterocycles. The number of urea groups is 1. The SMILES string of the molecule is CC1(C)CCCC1NC(=O)Nc1ccc(O)c(C(=O)O)c1. The molecule has 114 valence electrons. The standard InChI is InChI=1S/C15H20N2O4/c1-15(2)7-3-4-12(15)17-14(21)16-9-5-6-11(18)10(8-9)13(19)20/h5-6,8,12,18H,3-4,7H2,1-2H3,(H,19,20)(H2,16,17,21). The third-order valence-electron chi connectivity index (χ3n) is 4.05. The van der Waals surface area contributed by atoms with Crippen molar-refractivity contribution in [3.05, 3.63) is 23.8 Å². The second-order valence-electron chi connectivity index (χ2n) is 6.07. The number of carbonyl (C=O) groups is 2. The van der Waals surface area contributed by atoms with Crippen molar-refractivity contribution in [1.82, 2.24) is 5.32 Å².